The van der Waals surface area contributed by atoms with Crippen LogP contribution in [0.3, 0.4) is 0 Å². The standard InChI is InChI=1S/C12H18N4/c1-15(2)12-11(14)7-10(8-13)16(12)9-5-3-4-6-9/h7,9H,3-6,14H2,1-2H3. The van der Waals surface area contributed by atoms with Crippen molar-refractivity contribution >= 4 is 11.5 Å². The molecule has 2 rings (SSSR count). The van der Waals surface area contributed by atoms with Crippen molar-refractivity contribution in [2.45, 2.75) is 31.7 Å². The highest BCUT2D eigenvalue weighted by Gasteiger charge is 2.24. The fourth-order valence-electron chi connectivity index (χ4n) is 2.63. The second-order valence-corrected chi connectivity index (χ2v) is 4.62. The van der Waals surface area contributed by atoms with E-state index in [1.807, 2.05) is 19.0 Å². The molecule has 1 aromatic rings. The Morgan fingerprint density at radius 2 is 2.06 bits per heavy atom. The lowest BCUT2D eigenvalue weighted by Crippen LogP contribution is -2.18. The van der Waals surface area contributed by atoms with Crippen LogP contribution in [0.15, 0.2) is 6.07 Å². The van der Waals surface area contributed by atoms with E-state index in [4.69, 9.17) is 11.0 Å². The second-order valence-electron chi connectivity index (χ2n) is 4.62. The highest BCUT2D eigenvalue weighted by Crippen LogP contribution is 2.37. The summed E-state index contributed by atoms with van der Waals surface area (Å²) < 4.78 is 2.11. The normalized spacial score (nSPS) is 16.3. The van der Waals surface area contributed by atoms with Crippen molar-refractivity contribution in [3.63, 3.8) is 0 Å². The molecule has 0 aliphatic heterocycles. The third-order valence-corrected chi connectivity index (χ3v) is 3.27. The molecule has 0 amide bonds. The van der Waals surface area contributed by atoms with Crippen molar-refractivity contribution in [1.29, 1.82) is 5.26 Å². The number of aromatic nitrogens is 1. The lowest BCUT2D eigenvalue weighted by atomic mass is 10.2. The maximum atomic E-state index is 9.15. The Kier molecular flexibility index (Phi) is 2.78. The minimum Gasteiger partial charge on any atom is -0.396 e. The zero-order valence-electron chi connectivity index (χ0n) is 9.90. The Bertz CT molecular complexity index is 419. The Morgan fingerprint density at radius 3 is 2.56 bits per heavy atom. The summed E-state index contributed by atoms with van der Waals surface area (Å²) in [6.45, 7) is 0. The average Bonchev–Trinajstić information content (AvgIpc) is 2.82. The zero-order valence-corrected chi connectivity index (χ0v) is 9.90. The fraction of sp³-hybridized carbons (Fsp3) is 0.583. The molecule has 0 atom stereocenters. The summed E-state index contributed by atoms with van der Waals surface area (Å²) in [5.74, 6) is 0.975. The van der Waals surface area contributed by atoms with Gasteiger partial charge in [0.05, 0.1) is 5.69 Å². The van der Waals surface area contributed by atoms with Crippen LogP contribution in [0.2, 0.25) is 0 Å². The quantitative estimate of drug-likeness (QED) is 0.827. The Morgan fingerprint density at radius 1 is 1.44 bits per heavy atom. The average molecular weight is 218 g/mol. The molecule has 1 fully saturated rings. The molecule has 1 aromatic heterocycles. The first-order chi connectivity index (χ1) is 7.65. The summed E-state index contributed by atoms with van der Waals surface area (Å²) in [6, 6.07) is 4.48. The molecule has 0 spiro atoms. The first kappa shape index (κ1) is 10.9. The van der Waals surface area contributed by atoms with Crippen LogP contribution < -0.4 is 10.6 Å². The molecule has 0 bridgehead atoms. The second kappa shape index (κ2) is 4.09. The van der Waals surface area contributed by atoms with E-state index >= 15 is 0 Å². The summed E-state index contributed by atoms with van der Waals surface area (Å²) in [5, 5.41) is 9.15. The van der Waals surface area contributed by atoms with Gasteiger partial charge in [0.1, 0.15) is 17.6 Å². The topological polar surface area (TPSA) is 58.0 Å². The lowest BCUT2D eigenvalue weighted by molar-refractivity contribution is 0.517. The zero-order chi connectivity index (χ0) is 11.7. The number of nitrogen functional groups attached to an aromatic ring is 1. The molecule has 4 heteroatoms. The summed E-state index contributed by atoms with van der Waals surface area (Å²) in [4.78, 5) is 1.99. The molecule has 0 radical (unpaired) electrons. The molecule has 0 unspecified atom stereocenters. The number of nitriles is 1. The van der Waals surface area contributed by atoms with Crippen LogP contribution in [0.5, 0.6) is 0 Å². The van der Waals surface area contributed by atoms with Crippen molar-refractivity contribution in [3.8, 4) is 6.07 Å². The van der Waals surface area contributed by atoms with Gasteiger partial charge in [0.15, 0.2) is 0 Å². The van der Waals surface area contributed by atoms with E-state index in [1.54, 1.807) is 6.07 Å². The summed E-state index contributed by atoms with van der Waals surface area (Å²) >= 11 is 0. The van der Waals surface area contributed by atoms with Gasteiger partial charge < -0.3 is 15.2 Å². The van der Waals surface area contributed by atoms with Gasteiger partial charge in [0.25, 0.3) is 0 Å². The Hall–Kier alpha value is -1.63. The van der Waals surface area contributed by atoms with E-state index in [0.717, 1.165) is 18.7 Å². The van der Waals surface area contributed by atoms with Gasteiger partial charge >= 0.3 is 0 Å². The Balaban J connectivity index is 2.51. The fourth-order valence-corrected chi connectivity index (χ4v) is 2.63. The van der Waals surface area contributed by atoms with Gasteiger partial charge in [0, 0.05) is 20.1 Å². The highest BCUT2D eigenvalue weighted by atomic mass is 15.2. The van der Waals surface area contributed by atoms with Crippen molar-refractivity contribution in [1.82, 2.24) is 4.57 Å². The van der Waals surface area contributed by atoms with Crippen LogP contribution in [0.1, 0.15) is 37.4 Å². The van der Waals surface area contributed by atoms with Crippen LogP contribution in [0.4, 0.5) is 11.5 Å². The number of anilines is 2. The van der Waals surface area contributed by atoms with Crippen LogP contribution in [-0.2, 0) is 0 Å². The molecule has 86 valence electrons. The van der Waals surface area contributed by atoms with E-state index in [0.29, 0.717) is 17.4 Å². The monoisotopic (exact) mass is 218 g/mol. The summed E-state index contributed by atoms with van der Waals surface area (Å²) in [7, 11) is 3.94. The van der Waals surface area contributed by atoms with E-state index in [2.05, 4.69) is 10.6 Å². The predicted molar refractivity (Wildman–Crippen MR) is 65.4 cm³/mol. The minimum atomic E-state index is 0.448. The lowest BCUT2D eigenvalue weighted by Gasteiger charge is -2.22. The molecule has 1 saturated carbocycles. The summed E-state index contributed by atoms with van der Waals surface area (Å²) in [6.07, 6.45) is 4.81. The first-order valence-corrected chi connectivity index (χ1v) is 5.73. The van der Waals surface area contributed by atoms with Crippen LogP contribution >= 0.6 is 0 Å². The highest BCUT2D eigenvalue weighted by molar-refractivity contribution is 5.67. The van der Waals surface area contributed by atoms with Gasteiger partial charge in [-0.25, -0.2) is 0 Å². The molecule has 16 heavy (non-hydrogen) atoms. The molecular weight excluding hydrogens is 200 g/mol. The maximum Gasteiger partial charge on any atom is 0.133 e. The number of hydrogen-bond acceptors (Lipinski definition) is 3. The van der Waals surface area contributed by atoms with Crippen LogP contribution in [0, 0.1) is 11.3 Å². The number of hydrogen-bond donors (Lipinski definition) is 1. The van der Waals surface area contributed by atoms with Gasteiger partial charge in [-0.05, 0) is 18.9 Å². The van der Waals surface area contributed by atoms with Gasteiger partial charge in [-0.3, -0.25) is 0 Å². The van der Waals surface area contributed by atoms with Gasteiger partial charge in [-0.2, -0.15) is 5.26 Å². The van der Waals surface area contributed by atoms with Gasteiger partial charge in [-0.15, -0.1) is 0 Å². The molecular formula is C12H18N4. The molecule has 1 aliphatic carbocycles. The minimum absolute atomic E-state index is 0.448. The van der Waals surface area contributed by atoms with Gasteiger partial charge in [-0.1, -0.05) is 12.8 Å². The first-order valence-electron chi connectivity index (χ1n) is 5.73. The number of nitrogens with two attached hydrogens (primary N) is 1. The van der Waals surface area contributed by atoms with E-state index in [9.17, 15) is 0 Å². The maximum absolute atomic E-state index is 9.15. The van der Waals surface area contributed by atoms with Crippen molar-refractivity contribution in [2.75, 3.05) is 24.7 Å². The predicted octanol–water partition coefficient (Wildman–Crippen LogP) is 2.12. The number of rotatable bonds is 2. The third-order valence-electron chi connectivity index (χ3n) is 3.27. The van der Waals surface area contributed by atoms with Crippen LogP contribution in [0.25, 0.3) is 0 Å². The largest absolute Gasteiger partial charge is 0.396 e. The molecule has 2 N–H and O–H groups in total. The SMILES string of the molecule is CN(C)c1c(N)cc(C#N)n1C1CCCC1. The van der Waals surface area contributed by atoms with Gasteiger partial charge in [0.2, 0.25) is 0 Å². The Labute approximate surface area is 96.3 Å². The van der Waals surface area contributed by atoms with Crippen molar-refractivity contribution in [2.24, 2.45) is 0 Å². The molecule has 0 saturated heterocycles. The van der Waals surface area contributed by atoms with Crippen molar-refractivity contribution in [3.05, 3.63) is 11.8 Å². The van der Waals surface area contributed by atoms with E-state index in [1.165, 1.54) is 12.8 Å². The number of nitrogens with zero attached hydrogens (tertiary/aromatic N) is 3. The summed E-state index contributed by atoms with van der Waals surface area (Å²) in [5.41, 5.74) is 7.36. The molecule has 1 heterocycles. The third kappa shape index (κ3) is 1.63. The van der Waals surface area contributed by atoms with Crippen LogP contribution in [-0.4, -0.2) is 18.7 Å². The molecule has 0 aromatic carbocycles. The van der Waals surface area contributed by atoms with Crippen molar-refractivity contribution < 1.29 is 0 Å². The van der Waals surface area contributed by atoms with E-state index < -0.39 is 0 Å². The van der Waals surface area contributed by atoms with E-state index in [-0.39, 0.29) is 0 Å². The smallest absolute Gasteiger partial charge is 0.133 e. The molecule has 1 aliphatic rings. The molecule has 4 nitrogen and oxygen atoms in total.